The van der Waals surface area contributed by atoms with E-state index in [0.29, 0.717) is 24.6 Å². The van der Waals surface area contributed by atoms with Crippen molar-refractivity contribution in [3.05, 3.63) is 23.9 Å². The highest BCUT2D eigenvalue weighted by molar-refractivity contribution is 5.21. The maximum absolute atomic E-state index is 12.2. The summed E-state index contributed by atoms with van der Waals surface area (Å²) < 4.78 is 35.3. The summed E-state index contributed by atoms with van der Waals surface area (Å²) in [5.41, 5.74) is 1.10. The van der Waals surface area contributed by atoms with Gasteiger partial charge in [0.1, 0.15) is 0 Å². The molecule has 0 bridgehead atoms. The molecule has 1 aliphatic heterocycles. The zero-order chi connectivity index (χ0) is 16.4. The lowest BCUT2D eigenvalue weighted by Gasteiger charge is -2.60. The molecule has 1 N–H and O–H groups in total. The second kappa shape index (κ2) is 6.69. The summed E-state index contributed by atoms with van der Waals surface area (Å²) in [5, 5.41) is 3.61. The molecule has 128 valence electrons. The first-order valence-electron chi connectivity index (χ1n) is 8.19. The number of alkyl halides is 2. The van der Waals surface area contributed by atoms with Crippen LogP contribution >= 0.6 is 0 Å². The van der Waals surface area contributed by atoms with E-state index in [0.717, 1.165) is 18.6 Å². The van der Waals surface area contributed by atoms with Gasteiger partial charge in [0.2, 0.25) is 5.88 Å². The molecule has 1 saturated carbocycles. The summed E-state index contributed by atoms with van der Waals surface area (Å²) in [6.45, 7) is 5.39. The molecule has 1 aliphatic carbocycles. The third kappa shape index (κ3) is 3.48. The van der Waals surface area contributed by atoms with Crippen molar-refractivity contribution in [2.75, 3.05) is 13.2 Å². The van der Waals surface area contributed by atoms with E-state index in [1.807, 2.05) is 6.07 Å². The Morgan fingerprint density at radius 2 is 2.30 bits per heavy atom. The molecule has 1 saturated heterocycles. The largest absolute Gasteiger partial charge is 0.472 e. The van der Waals surface area contributed by atoms with Crippen LogP contribution in [0.4, 0.5) is 8.78 Å². The van der Waals surface area contributed by atoms with Crippen LogP contribution in [0.3, 0.4) is 0 Å². The number of nitrogens with one attached hydrogen (secondary N) is 1. The van der Waals surface area contributed by atoms with Gasteiger partial charge in [0.05, 0.1) is 6.10 Å². The summed E-state index contributed by atoms with van der Waals surface area (Å²) >= 11 is 0. The smallest absolute Gasteiger partial charge is 0.272 e. The number of rotatable bonds is 6. The van der Waals surface area contributed by atoms with Gasteiger partial charge in [0.25, 0.3) is 6.43 Å². The van der Waals surface area contributed by atoms with Gasteiger partial charge in [-0.1, -0.05) is 13.8 Å². The minimum Gasteiger partial charge on any atom is -0.472 e. The Balaban J connectivity index is 1.57. The topological polar surface area (TPSA) is 43.4 Å². The number of fused-ring (bicyclic) bond motifs is 1. The van der Waals surface area contributed by atoms with Gasteiger partial charge in [0.15, 0.2) is 6.61 Å². The average Bonchev–Trinajstić information content (AvgIpc) is 2.53. The maximum atomic E-state index is 12.2. The van der Waals surface area contributed by atoms with E-state index in [9.17, 15) is 8.78 Å². The van der Waals surface area contributed by atoms with E-state index in [1.165, 1.54) is 6.42 Å². The highest BCUT2D eigenvalue weighted by Gasteiger charge is 2.57. The van der Waals surface area contributed by atoms with Crippen molar-refractivity contribution >= 4 is 0 Å². The van der Waals surface area contributed by atoms with Crippen molar-refractivity contribution in [3.8, 4) is 5.88 Å². The Hall–Kier alpha value is -1.27. The van der Waals surface area contributed by atoms with E-state index in [4.69, 9.17) is 9.47 Å². The number of nitrogens with zero attached hydrogens (tertiary/aromatic N) is 1. The number of hydrogen-bond acceptors (Lipinski definition) is 4. The van der Waals surface area contributed by atoms with Crippen LogP contribution in [0.15, 0.2) is 18.3 Å². The Morgan fingerprint density at radius 1 is 1.48 bits per heavy atom. The highest BCUT2D eigenvalue weighted by atomic mass is 19.3. The third-order valence-corrected chi connectivity index (χ3v) is 5.01. The normalized spacial score (nSPS) is 29.0. The molecule has 23 heavy (non-hydrogen) atoms. The first kappa shape index (κ1) is 16.6. The van der Waals surface area contributed by atoms with Crippen LogP contribution in [-0.4, -0.2) is 36.8 Å². The molecule has 0 spiro atoms. The van der Waals surface area contributed by atoms with E-state index in [1.54, 1.807) is 12.3 Å². The van der Waals surface area contributed by atoms with Crippen molar-refractivity contribution in [1.82, 2.24) is 10.3 Å². The van der Waals surface area contributed by atoms with Gasteiger partial charge in [0, 0.05) is 42.8 Å². The molecule has 3 atom stereocenters. The standard InChI is InChI=1S/C17H24F2N2O2/c1-17(2)15(12-4-3-7-22-16(12)17)21-9-11-5-6-20-14(8-11)23-10-13(18)19/h5-6,8,12-13,15-16,21H,3-4,7,9-10H2,1-2H3. The lowest BCUT2D eigenvalue weighted by Crippen LogP contribution is -2.69. The SMILES string of the molecule is CC1(C)C(NCc2ccnc(OCC(F)F)c2)C2CCCOC21. The van der Waals surface area contributed by atoms with Crippen LogP contribution in [0.2, 0.25) is 0 Å². The lowest BCUT2D eigenvalue weighted by molar-refractivity contribution is -0.192. The molecular formula is C17H24F2N2O2. The van der Waals surface area contributed by atoms with Crippen molar-refractivity contribution in [2.24, 2.45) is 11.3 Å². The average molecular weight is 326 g/mol. The van der Waals surface area contributed by atoms with Crippen LogP contribution in [0.5, 0.6) is 5.88 Å². The predicted molar refractivity (Wildman–Crippen MR) is 82.6 cm³/mol. The van der Waals surface area contributed by atoms with Gasteiger partial charge in [-0.25, -0.2) is 13.8 Å². The molecule has 0 amide bonds. The van der Waals surface area contributed by atoms with Crippen LogP contribution in [-0.2, 0) is 11.3 Å². The van der Waals surface area contributed by atoms with Gasteiger partial charge in [-0.3, -0.25) is 0 Å². The van der Waals surface area contributed by atoms with Crippen molar-refractivity contribution in [2.45, 2.75) is 51.8 Å². The number of halogens is 2. The fourth-order valence-electron chi connectivity index (χ4n) is 3.95. The van der Waals surface area contributed by atoms with Gasteiger partial charge < -0.3 is 14.8 Å². The Labute approximate surface area is 135 Å². The molecule has 3 rings (SSSR count). The molecule has 1 aromatic rings. The Kier molecular flexibility index (Phi) is 4.82. The predicted octanol–water partition coefficient (Wildman–Crippen LogP) is 3.02. The quantitative estimate of drug-likeness (QED) is 0.873. The lowest BCUT2D eigenvalue weighted by atomic mass is 9.55. The second-order valence-corrected chi connectivity index (χ2v) is 6.98. The number of pyridine rings is 1. The molecule has 3 unspecified atom stereocenters. The van der Waals surface area contributed by atoms with E-state index in [2.05, 4.69) is 24.1 Å². The highest BCUT2D eigenvalue weighted by Crippen LogP contribution is 2.51. The fourth-order valence-corrected chi connectivity index (χ4v) is 3.95. The summed E-state index contributed by atoms with van der Waals surface area (Å²) in [7, 11) is 0. The Bertz CT molecular complexity index is 539. The molecule has 2 aliphatic rings. The number of ether oxygens (including phenoxy) is 2. The third-order valence-electron chi connectivity index (χ3n) is 5.01. The van der Waals surface area contributed by atoms with Gasteiger partial charge >= 0.3 is 0 Å². The maximum Gasteiger partial charge on any atom is 0.272 e. The summed E-state index contributed by atoms with van der Waals surface area (Å²) in [5.74, 6) is 0.812. The van der Waals surface area contributed by atoms with E-state index < -0.39 is 13.0 Å². The molecule has 4 nitrogen and oxygen atoms in total. The van der Waals surface area contributed by atoms with Crippen LogP contribution in [0.1, 0.15) is 32.3 Å². The minimum absolute atomic E-state index is 0.118. The summed E-state index contributed by atoms with van der Waals surface area (Å²) in [6, 6.07) is 4.00. The van der Waals surface area contributed by atoms with E-state index in [-0.39, 0.29) is 11.3 Å². The number of aromatic nitrogens is 1. The molecule has 1 aromatic heterocycles. The van der Waals surface area contributed by atoms with Crippen molar-refractivity contribution < 1.29 is 18.3 Å². The molecule has 0 aromatic carbocycles. The first-order valence-corrected chi connectivity index (χ1v) is 8.19. The zero-order valence-corrected chi connectivity index (χ0v) is 13.6. The van der Waals surface area contributed by atoms with Crippen LogP contribution < -0.4 is 10.1 Å². The fraction of sp³-hybridized carbons (Fsp3) is 0.706. The zero-order valence-electron chi connectivity index (χ0n) is 13.6. The van der Waals surface area contributed by atoms with Crippen molar-refractivity contribution in [3.63, 3.8) is 0 Å². The first-order chi connectivity index (χ1) is 11.0. The van der Waals surface area contributed by atoms with Gasteiger partial charge in [-0.2, -0.15) is 0 Å². The van der Waals surface area contributed by atoms with E-state index >= 15 is 0 Å². The minimum atomic E-state index is -2.49. The molecule has 2 heterocycles. The summed E-state index contributed by atoms with van der Waals surface area (Å²) in [4.78, 5) is 3.96. The number of hydrogen-bond donors (Lipinski definition) is 1. The van der Waals surface area contributed by atoms with Gasteiger partial charge in [-0.15, -0.1) is 0 Å². The molecule has 6 heteroatoms. The molecule has 2 fully saturated rings. The monoisotopic (exact) mass is 326 g/mol. The molecular weight excluding hydrogens is 302 g/mol. The van der Waals surface area contributed by atoms with Gasteiger partial charge in [-0.05, 0) is 24.5 Å². The second-order valence-electron chi connectivity index (χ2n) is 6.98. The van der Waals surface area contributed by atoms with Crippen LogP contribution in [0, 0.1) is 11.3 Å². The summed E-state index contributed by atoms with van der Waals surface area (Å²) in [6.07, 6.45) is 1.77. The Morgan fingerprint density at radius 3 is 3.09 bits per heavy atom. The van der Waals surface area contributed by atoms with Crippen molar-refractivity contribution in [1.29, 1.82) is 0 Å². The molecule has 0 radical (unpaired) electrons. The van der Waals surface area contributed by atoms with Crippen LogP contribution in [0.25, 0.3) is 0 Å².